The molecule has 7 aromatic rings. The van der Waals surface area contributed by atoms with Crippen molar-refractivity contribution in [2.24, 2.45) is 22.7 Å². The Morgan fingerprint density at radius 3 is 0.836 bits per heavy atom. The van der Waals surface area contributed by atoms with Crippen LogP contribution in [0.25, 0.3) is 0 Å². The van der Waals surface area contributed by atoms with Crippen molar-refractivity contribution < 1.29 is 75.2 Å². The Bertz CT molecular complexity index is 3500. The van der Waals surface area contributed by atoms with E-state index in [9.17, 15) is 22.0 Å². The number of aliphatic hydroxyl groups excluding tert-OH is 1. The number of fused-ring (bicyclic) bond motifs is 4. The molecule has 4 aliphatic rings. The van der Waals surface area contributed by atoms with E-state index in [0.717, 1.165) is 86.4 Å². The molecule has 0 saturated heterocycles. The molecule has 11 rings (SSSR count). The summed E-state index contributed by atoms with van der Waals surface area (Å²) in [5.41, 5.74) is 8.78. The third kappa shape index (κ3) is 28.7. The van der Waals surface area contributed by atoms with Crippen LogP contribution in [0.4, 0.5) is 22.0 Å². The van der Waals surface area contributed by atoms with Crippen molar-refractivity contribution in [3.8, 4) is 40.2 Å². The molecule has 4 bridgehead atoms. The van der Waals surface area contributed by atoms with E-state index in [1.807, 2.05) is 55.5 Å². The van der Waals surface area contributed by atoms with Crippen LogP contribution in [0.15, 0.2) is 146 Å². The summed E-state index contributed by atoms with van der Waals surface area (Å²) in [7, 11) is 0. The maximum atomic E-state index is 13.6. The average molecular weight is 1530 g/mol. The number of ether oxygens (including phenoxy) is 8. The van der Waals surface area contributed by atoms with Gasteiger partial charge >= 0.3 is 0 Å². The number of halogens is 5. The van der Waals surface area contributed by atoms with Gasteiger partial charge in [-0.2, -0.15) is 8.78 Å². The summed E-state index contributed by atoms with van der Waals surface area (Å²) in [6.07, 6.45) is 21.0. The van der Waals surface area contributed by atoms with Crippen molar-refractivity contribution in [1.29, 1.82) is 0 Å². The van der Waals surface area contributed by atoms with E-state index in [1.54, 1.807) is 36.4 Å². The Kier molecular flexibility index (Phi) is 38.8. The molecule has 110 heavy (non-hydrogen) atoms. The average Bonchev–Trinajstić information content (AvgIpc) is 1.02. The lowest BCUT2D eigenvalue weighted by molar-refractivity contribution is -0.101. The number of rotatable bonds is 33. The lowest BCUT2D eigenvalue weighted by Gasteiger charge is -2.31. The number of phenols is 2. The third-order valence-electron chi connectivity index (χ3n) is 23.1. The topological polar surface area (TPSA) is 135 Å². The molecule has 0 radical (unpaired) electrons. The molecule has 4 aliphatic carbocycles. The molecule has 16 heteroatoms. The molecule has 0 aromatic heterocycles. The van der Waals surface area contributed by atoms with Crippen molar-refractivity contribution >= 4 is 0 Å². The summed E-state index contributed by atoms with van der Waals surface area (Å²) in [6, 6.07) is 47.1. The number of benzene rings is 7. The summed E-state index contributed by atoms with van der Waals surface area (Å²) in [5, 5.41) is 26.6. The summed E-state index contributed by atoms with van der Waals surface area (Å²) in [5.74, 6) is -2.83. The van der Waals surface area contributed by atoms with Gasteiger partial charge in [0.05, 0.1) is 13.2 Å². The molecule has 4 saturated carbocycles. The second kappa shape index (κ2) is 46.6. The molecule has 10 atom stereocenters. The van der Waals surface area contributed by atoms with Gasteiger partial charge in [-0.05, 0) is 288 Å². The van der Waals surface area contributed by atoms with Gasteiger partial charge in [0.15, 0.2) is 18.9 Å². The van der Waals surface area contributed by atoms with Crippen LogP contribution in [0.3, 0.4) is 0 Å². The van der Waals surface area contributed by atoms with Crippen LogP contribution < -0.4 is 23.7 Å². The Labute approximate surface area is 656 Å². The van der Waals surface area contributed by atoms with Crippen molar-refractivity contribution in [3.63, 3.8) is 0 Å². The highest BCUT2D eigenvalue weighted by atomic mass is 19.2. The van der Waals surface area contributed by atoms with Crippen LogP contribution in [-0.4, -0.2) is 66.9 Å². The minimum atomic E-state index is -2.24. The Hall–Kier alpha value is -7.37. The van der Waals surface area contributed by atoms with E-state index < -0.39 is 41.1 Å². The van der Waals surface area contributed by atoms with Crippen molar-refractivity contribution in [1.82, 2.24) is 0 Å². The van der Waals surface area contributed by atoms with E-state index in [4.69, 9.17) is 53.2 Å². The molecule has 4 fully saturated rings. The number of aliphatic hydroxyl groups is 1. The standard InChI is InChI=1S/2C21H32O2.C18H17F5O2.C14H22O3.2C10H14O/c2*1-4-16(3)18-6-8-19(9-7-18)23-20(22-5-2)15-21-12-10-17(14-21)11-13-21;1-4-9(2)11-5-7-12(8-6-11)24-10(3)25-18-16(22)14(20)13(19)15(21)17(18)23;1-4-11(2)13-5-7-14(8-6-13)17-12(3)16-10-9-15;2*1-3-8(2)9-4-6-10(11)7-5-9/h2*6-9,16-17,20H,4-5,10-15H2,1-3H3;5-10H,4H2,1-3H3;5-8,11-12,15H,4,9-10H2,1-3H3;2*4-8,11H,3H2,1-2H3. The maximum Gasteiger partial charge on any atom is 0.238 e. The smallest absolute Gasteiger partial charge is 0.238 e. The molecule has 0 heterocycles. The Morgan fingerprint density at radius 2 is 0.591 bits per heavy atom. The zero-order valence-corrected chi connectivity index (χ0v) is 68.8. The molecule has 3 N–H and O–H groups in total. The fraction of sp³-hybridized carbons (Fsp3) is 0.553. The highest BCUT2D eigenvalue weighted by molar-refractivity contribution is 5.35. The van der Waals surface area contributed by atoms with E-state index >= 15 is 0 Å². The van der Waals surface area contributed by atoms with Gasteiger partial charge in [0.2, 0.25) is 41.1 Å². The molecular formula is C94H131F5O11. The minimum Gasteiger partial charge on any atom is -0.508 e. The molecule has 0 amide bonds. The van der Waals surface area contributed by atoms with Gasteiger partial charge < -0.3 is 53.2 Å². The van der Waals surface area contributed by atoms with Crippen LogP contribution in [-0.2, 0) is 14.2 Å². The second-order valence-electron chi connectivity index (χ2n) is 31.0. The van der Waals surface area contributed by atoms with Gasteiger partial charge in [-0.3, -0.25) is 0 Å². The number of hydrogen-bond acceptors (Lipinski definition) is 11. The predicted octanol–water partition coefficient (Wildman–Crippen LogP) is 26.3. The Morgan fingerprint density at radius 1 is 0.336 bits per heavy atom. The normalized spacial score (nSPS) is 19.9. The van der Waals surface area contributed by atoms with Crippen LogP contribution in [0, 0.1) is 51.8 Å². The van der Waals surface area contributed by atoms with Crippen LogP contribution in [0.5, 0.6) is 40.2 Å². The number of phenolic OH excluding ortho intramolecular Hbond substituents is 2. The van der Waals surface area contributed by atoms with Gasteiger partial charge in [0.25, 0.3) is 0 Å². The van der Waals surface area contributed by atoms with Gasteiger partial charge in [-0.1, -0.05) is 156 Å². The van der Waals surface area contributed by atoms with E-state index in [1.165, 1.54) is 112 Å². The first kappa shape index (κ1) is 91.5. The summed E-state index contributed by atoms with van der Waals surface area (Å²) < 4.78 is 112. The van der Waals surface area contributed by atoms with E-state index in [0.29, 0.717) is 70.2 Å². The van der Waals surface area contributed by atoms with Gasteiger partial charge in [0, 0.05) is 33.0 Å². The predicted molar refractivity (Wildman–Crippen MR) is 434 cm³/mol. The van der Waals surface area contributed by atoms with Crippen molar-refractivity contribution in [2.45, 2.75) is 287 Å². The number of aromatic hydroxyl groups is 2. The maximum absolute atomic E-state index is 13.6. The van der Waals surface area contributed by atoms with E-state index in [-0.39, 0.29) is 25.5 Å². The highest BCUT2D eigenvalue weighted by Crippen LogP contribution is 2.58. The lowest BCUT2D eigenvalue weighted by Crippen LogP contribution is -2.29. The summed E-state index contributed by atoms with van der Waals surface area (Å²) in [6.45, 7) is 35.2. The zero-order chi connectivity index (χ0) is 80.5. The van der Waals surface area contributed by atoms with Gasteiger partial charge in [-0.15, -0.1) is 0 Å². The summed E-state index contributed by atoms with van der Waals surface area (Å²) >= 11 is 0. The first-order valence-electron chi connectivity index (χ1n) is 41.0. The van der Waals surface area contributed by atoms with E-state index in [2.05, 4.69) is 158 Å². The fourth-order valence-corrected chi connectivity index (χ4v) is 14.9. The fourth-order valence-electron chi connectivity index (χ4n) is 14.9. The lowest BCUT2D eigenvalue weighted by atomic mass is 9.81. The number of hydrogen-bond donors (Lipinski definition) is 3. The van der Waals surface area contributed by atoms with Crippen LogP contribution in [0.2, 0.25) is 0 Å². The third-order valence-corrected chi connectivity index (χ3v) is 23.1. The first-order chi connectivity index (χ1) is 52.7. The van der Waals surface area contributed by atoms with Crippen molar-refractivity contribution in [3.05, 3.63) is 208 Å². The van der Waals surface area contributed by atoms with Gasteiger partial charge in [0.1, 0.15) is 34.5 Å². The monoisotopic (exact) mass is 1530 g/mol. The zero-order valence-electron chi connectivity index (χ0n) is 68.8. The minimum absolute atomic E-state index is 0.0145. The van der Waals surface area contributed by atoms with Gasteiger partial charge in [-0.25, -0.2) is 13.2 Å². The second-order valence-corrected chi connectivity index (χ2v) is 31.0. The summed E-state index contributed by atoms with van der Waals surface area (Å²) in [4.78, 5) is 0. The SMILES string of the molecule is CCC(C)c1ccc(O)cc1.CCC(C)c1ccc(O)cc1.CCC(C)c1ccc(OC(C)OCCO)cc1.CCC(C)c1ccc(OC(C)Oc2c(F)c(F)c(F)c(F)c2F)cc1.CCOC(CC12CCC(CC1)C2)Oc1ccc(C(C)CC)cc1.CCOC(CC12CCC(CC1)C2)Oc1ccc(C(C)CC)cc1. The molecular weight excluding hydrogens is 1400 g/mol. The van der Waals surface area contributed by atoms with Crippen molar-refractivity contribution in [2.75, 3.05) is 26.4 Å². The van der Waals surface area contributed by atoms with Crippen LogP contribution >= 0.6 is 0 Å². The molecule has 11 nitrogen and oxygen atoms in total. The molecule has 10 unspecified atom stereocenters. The molecule has 608 valence electrons. The van der Waals surface area contributed by atoms with Crippen LogP contribution in [0.1, 0.15) is 295 Å². The quantitative estimate of drug-likeness (QED) is 0.0157. The highest BCUT2D eigenvalue weighted by Gasteiger charge is 2.47. The molecule has 7 aromatic carbocycles. The Balaban J connectivity index is 0.000000211. The molecule has 0 aliphatic heterocycles. The molecule has 0 spiro atoms. The first-order valence-corrected chi connectivity index (χ1v) is 41.0. The largest absolute Gasteiger partial charge is 0.508 e.